The van der Waals surface area contributed by atoms with Gasteiger partial charge in [0, 0.05) is 25.6 Å². The zero-order chi connectivity index (χ0) is 18.5. The van der Waals surface area contributed by atoms with E-state index in [0.717, 1.165) is 12.1 Å². The van der Waals surface area contributed by atoms with Crippen LogP contribution in [0.15, 0.2) is 54.6 Å². The lowest BCUT2D eigenvalue weighted by molar-refractivity contribution is -0.145. The molecule has 2 aromatic carbocycles. The average Bonchev–Trinajstić information content (AvgIpc) is 3.06. The van der Waals surface area contributed by atoms with E-state index in [0.29, 0.717) is 13.1 Å². The Balaban J connectivity index is 1.75. The van der Waals surface area contributed by atoms with Gasteiger partial charge >= 0.3 is 12.6 Å². The van der Waals surface area contributed by atoms with Crippen LogP contribution in [-0.2, 0) is 16.1 Å². The predicted octanol–water partition coefficient (Wildman–Crippen LogP) is 3.68. The van der Waals surface area contributed by atoms with E-state index in [1.54, 1.807) is 12.1 Å². The van der Waals surface area contributed by atoms with Crippen LogP contribution >= 0.6 is 0 Å². The van der Waals surface area contributed by atoms with E-state index in [2.05, 4.69) is 21.8 Å². The van der Waals surface area contributed by atoms with Crippen molar-refractivity contribution in [2.45, 2.75) is 19.1 Å². The molecule has 0 aliphatic carbocycles. The van der Waals surface area contributed by atoms with Gasteiger partial charge in [0.15, 0.2) is 0 Å². The van der Waals surface area contributed by atoms with Gasteiger partial charge in [-0.15, -0.1) is 0 Å². The molecule has 0 saturated carbocycles. The minimum absolute atomic E-state index is 0.0493. The van der Waals surface area contributed by atoms with Gasteiger partial charge < -0.3 is 9.47 Å². The second kappa shape index (κ2) is 8.27. The minimum Gasteiger partial charge on any atom is -0.469 e. The van der Waals surface area contributed by atoms with E-state index in [9.17, 15) is 13.6 Å². The molecule has 0 spiro atoms. The predicted molar refractivity (Wildman–Crippen MR) is 93.0 cm³/mol. The van der Waals surface area contributed by atoms with Gasteiger partial charge in [0.1, 0.15) is 5.75 Å². The number of alkyl halides is 2. The van der Waals surface area contributed by atoms with E-state index < -0.39 is 6.61 Å². The molecule has 2 aromatic rings. The van der Waals surface area contributed by atoms with Crippen molar-refractivity contribution in [3.05, 3.63) is 65.7 Å². The maximum absolute atomic E-state index is 12.3. The number of likely N-dealkylation sites (tertiary alicyclic amines) is 1. The van der Waals surface area contributed by atoms with Gasteiger partial charge in [0.2, 0.25) is 0 Å². The molecule has 1 saturated heterocycles. The van der Waals surface area contributed by atoms with E-state index in [1.165, 1.54) is 24.8 Å². The first-order valence-corrected chi connectivity index (χ1v) is 8.45. The van der Waals surface area contributed by atoms with Crippen LogP contribution in [0.1, 0.15) is 17.0 Å². The smallest absolute Gasteiger partial charge is 0.387 e. The van der Waals surface area contributed by atoms with Crippen molar-refractivity contribution >= 4 is 5.97 Å². The number of carbonyl (C=O) groups excluding carboxylic acids is 1. The molecule has 26 heavy (non-hydrogen) atoms. The molecular formula is C20H21F2NO3. The average molecular weight is 361 g/mol. The molecular weight excluding hydrogens is 340 g/mol. The number of ether oxygens (including phenoxy) is 2. The minimum atomic E-state index is -2.85. The number of carbonyl (C=O) groups is 1. The van der Waals surface area contributed by atoms with E-state index in [4.69, 9.17) is 4.74 Å². The fraction of sp³-hybridized carbons (Fsp3) is 0.350. The Morgan fingerprint density at radius 3 is 2.42 bits per heavy atom. The highest BCUT2D eigenvalue weighted by Gasteiger charge is 2.39. The van der Waals surface area contributed by atoms with Crippen LogP contribution in [0.25, 0.3) is 0 Å². The highest BCUT2D eigenvalue weighted by atomic mass is 19.3. The third kappa shape index (κ3) is 4.38. The molecule has 4 nitrogen and oxygen atoms in total. The second-order valence-corrected chi connectivity index (χ2v) is 6.36. The summed E-state index contributed by atoms with van der Waals surface area (Å²) in [6.07, 6.45) is 0. The Labute approximate surface area is 151 Å². The summed E-state index contributed by atoms with van der Waals surface area (Å²) >= 11 is 0. The lowest BCUT2D eigenvalue weighted by Crippen LogP contribution is -2.24. The molecule has 0 bridgehead atoms. The molecule has 0 amide bonds. The summed E-state index contributed by atoms with van der Waals surface area (Å²) in [6, 6.07) is 16.6. The van der Waals surface area contributed by atoms with Crippen LogP contribution < -0.4 is 4.74 Å². The molecule has 1 fully saturated rings. The first-order chi connectivity index (χ1) is 12.6. The van der Waals surface area contributed by atoms with Gasteiger partial charge in [-0.25, -0.2) is 0 Å². The summed E-state index contributed by atoms with van der Waals surface area (Å²) in [7, 11) is 1.39. The molecule has 1 aliphatic heterocycles. The molecule has 1 aliphatic rings. The van der Waals surface area contributed by atoms with Crippen molar-refractivity contribution in [2.75, 3.05) is 20.2 Å². The molecule has 0 radical (unpaired) electrons. The highest BCUT2D eigenvalue weighted by Crippen LogP contribution is 2.35. The van der Waals surface area contributed by atoms with E-state index in [1.807, 2.05) is 18.2 Å². The first-order valence-electron chi connectivity index (χ1n) is 8.45. The first kappa shape index (κ1) is 18.3. The van der Waals surface area contributed by atoms with Crippen molar-refractivity contribution in [1.29, 1.82) is 0 Å². The number of halogens is 2. The Kier molecular flexibility index (Phi) is 5.83. The third-order valence-electron chi connectivity index (χ3n) is 4.68. The standard InChI is InChI=1S/C20H21F2NO3/c1-25-19(24)18-13-23(11-14-5-3-2-4-6-14)12-17(18)15-7-9-16(10-8-15)26-20(21)22/h2-10,17-18,20H,11-13H2,1H3. The van der Waals surface area contributed by atoms with Gasteiger partial charge in [-0.2, -0.15) is 8.78 Å². The van der Waals surface area contributed by atoms with Gasteiger partial charge in [-0.1, -0.05) is 42.5 Å². The van der Waals surface area contributed by atoms with Gasteiger partial charge in [-0.3, -0.25) is 9.69 Å². The summed E-state index contributed by atoms with van der Waals surface area (Å²) in [4.78, 5) is 14.4. The van der Waals surface area contributed by atoms with Crippen LogP contribution in [0.5, 0.6) is 5.75 Å². The molecule has 3 rings (SSSR count). The quantitative estimate of drug-likeness (QED) is 0.736. The molecule has 0 aromatic heterocycles. The van der Waals surface area contributed by atoms with Gasteiger partial charge in [0.25, 0.3) is 0 Å². The Hall–Kier alpha value is -2.47. The topological polar surface area (TPSA) is 38.8 Å². The van der Waals surface area contributed by atoms with Crippen molar-refractivity contribution in [3.8, 4) is 5.75 Å². The fourth-order valence-electron chi connectivity index (χ4n) is 3.48. The van der Waals surface area contributed by atoms with Crippen molar-refractivity contribution in [1.82, 2.24) is 4.90 Å². The van der Waals surface area contributed by atoms with Crippen LogP contribution in [-0.4, -0.2) is 37.7 Å². The molecule has 2 atom stereocenters. The summed E-state index contributed by atoms with van der Waals surface area (Å²) in [6.45, 7) is -0.806. The number of hydrogen-bond acceptors (Lipinski definition) is 4. The van der Waals surface area contributed by atoms with Crippen molar-refractivity contribution < 1.29 is 23.0 Å². The van der Waals surface area contributed by atoms with Crippen molar-refractivity contribution in [3.63, 3.8) is 0 Å². The maximum atomic E-state index is 12.3. The summed E-state index contributed by atoms with van der Waals surface area (Å²) < 4.78 is 34.0. The zero-order valence-electron chi connectivity index (χ0n) is 14.5. The van der Waals surface area contributed by atoms with Crippen molar-refractivity contribution in [2.24, 2.45) is 5.92 Å². The van der Waals surface area contributed by atoms with Gasteiger partial charge in [-0.05, 0) is 23.3 Å². The fourth-order valence-corrected chi connectivity index (χ4v) is 3.48. The van der Waals surface area contributed by atoms with E-state index >= 15 is 0 Å². The number of rotatable bonds is 6. The Morgan fingerprint density at radius 2 is 1.81 bits per heavy atom. The Bertz CT molecular complexity index is 722. The largest absolute Gasteiger partial charge is 0.469 e. The molecule has 6 heteroatoms. The maximum Gasteiger partial charge on any atom is 0.387 e. The SMILES string of the molecule is COC(=O)C1CN(Cc2ccccc2)CC1c1ccc(OC(F)F)cc1. The normalized spacial score (nSPS) is 20.3. The van der Waals surface area contributed by atoms with Crippen LogP contribution in [0.4, 0.5) is 8.78 Å². The van der Waals surface area contributed by atoms with Crippen LogP contribution in [0, 0.1) is 5.92 Å². The third-order valence-corrected chi connectivity index (χ3v) is 4.68. The Morgan fingerprint density at radius 1 is 1.12 bits per heavy atom. The second-order valence-electron chi connectivity index (χ2n) is 6.36. The van der Waals surface area contributed by atoms with Crippen LogP contribution in [0.2, 0.25) is 0 Å². The number of hydrogen-bond donors (Lipinski definition) is 0. The summed E-state index contributed by atoms with van der Waals surface area (Å²) in [5.41, 5.74) is 2.09. The number of methoxy groups -OCH3 is 1. The lowest BCUT2D eigenvalue weighted by Gasteiger charge is -2.17. The summed E-state index contributed by atoms with van der Waals surface area (Å²) in [5, 5.41) is 0. The zero-order valence-corrected chi connectivity index (χ0v) is 14.5. The number of nitrogens with zero attached hydrogens (tertiary/aromatic N) is 1. The monoisotopic (exact) mass is 361 g/mol. The molecule has 0 N–H and O–H groups in total. The molecule has 138 valence electrons. The molecule has 1 heterocycles. The number of benzene rings is 2. The molecule has 2 unspecified atom stereocenters. The highest BCUT2D eigenvalue weighted by molar-refractivity contribution is 5.74. The van der Waals surface area contributed by atoms with Crippen LogP contribution in [0.3, 0.4) is 0 Å². The number of esters is 1. The van der Waals surface area contributed by atoms with Gasteiger partial charge in [0.05, 0.1) is 13.0 Å². The lowest BCUT2D eigenvalue weighted by atomic mass is 9.89. The van der Waals surface area contributed by atoms with E-state index in [-0.39, 0.29) is 23.6 Å². The summed E-state index contributed by atoms with van der Waals surface area (Å²) in [5.74, 6) is -0.478.